The van der Waals surface area contributed by atoms with Crippen molar-refractivity contribution in [2.24, 2.45) is 10.7 Å². The molecular formula is C22H13Cl2F2N3O. The summed E-state index contributed by atoms with van der Waals surface area (Å²) in [5.74, 6) is 3.90. The molecule has 0 saturated heterocycles. The van der Waals surface area contributed by atoms with Crippen LogP contribution in [0.15, 0.2) is 65.7 Å². The first-order valence-corrected chi connectivity index (χ1v) is 9.26. The minimum Gasteiger partial charge on any atom is -0.383 e. The molecule has 0 saturated carbocycles. The maximum Gasteiger partial charge on any atom is 0.347 e. The summed E-state index contributed by atoms with van der Waals surface area (Å²) in [5, 5.41) is 2.54. The fourth-order valence-electron chi connectivity index (χ4n) is 2.44. The van der Waals surface area contributed by atoms with Crippen LogP contribution < -0.4 is 11.1 Å². The van der Waals surface area contributed by atoms with Crippen LogP contribution in [0.4, 0.5) is 19.3 Å². The third kappa shape index (κ3) is 5.15. The van der Waals surface area contributed by atoms with E-state index in [-0.39, 0.29) is 27.0 Å². The van der Waals surface area contributed by atoms with Crippen molar-refractivity contribution in [1.29, 1.82) is 0 Å². The highest BCUT2D eigenvalue weighted by Gasteiger charge is 2.12. The molecule has 0 fully saturated rings. The number of nitrogens with zero attached hydrogens (tertiary/aromatic N) is 1. The first-order chi connectivity index (χ1) is 14.3. The smallest absolute Gasteiger partial charge is 0.347 e. The van der Waals surface area contributed by atoms with Gasteiger partial charge in [-0.05, 0) is 48.5 Å². The van der Waals surface area contributed by atoms with E-state index in [0.29, 0.717) is 11.3 Å². The molecule has 0 aromatic heterocycles. The quantitative estimate of drug-likeness (QED) is 0.307. The lowest BCUT2D eigenvalue weighted by Crippen LogP contribution is -2.20. The summed E-state index contributed by atoms with van der Waals surface area (Å²) in [6.45, 7) is 0. The Morgan fingerprint density at radius 2 is 1.60 bits per heavy atom. The lowest BCUT2D eigenvalue weighted by Gasteiger charge is -2.06. The van der Waals surface area contributed by atoms with Gasteiger partial charge in [-0.25, -0.2) is 13.6 Å². The van der Waals surface area contributed by atoms with E-state index in [1.807, 2.05) is 0 Å². The van der Waals surface area contributed by atoms with E-state index in [9.17, 15) is 13.6 Å². The van der Waals surface area contributed by atoms with E-state index in [1.165, 1.54) is 24.3 Å². The molecule has 4 nitrogen and oxygen atoms in total. The number of anilines is 1. The van der Waals surface area contributed by atoms with Gasteiger partial charge >= 0.3 is 6.03 Å². The van der Waals surface area contributed by atoms with Crippen LogP contribution in [0.25, 0.3) is 0 Å². The molecule has 3 N–H and O–H groups in total. The highest BCUT2D eigenvalue weighted by Crippen LogP contribution is 2.19. The second-order valence-electron chi connectivity index (χ2n) is 5.95. The molecule has 3 rings (SSSR count). The Hall–Kier alpha value is -3.40. The monoisotopic (exact) mass is 443 g/mol. The van der Waals surface area contributed by atoms with Crippen molar-refractivity contribution in [2.45, 2.75) is 0 Å². The fourth-order valence-corrected chi connectivity index (χ4v) is 2.87. The van der Waals surface area contributed by atoms with Gasteiger partial charge in [0.2, 0.25) is 0 Å². The van der Waals surface area contributed by atoms with Gasteiger partial charge in [-0.1, -0.05) is 47.2 Å². The second kappa shape index (κ2) is 9.40. The molecule has 0 heterocycles. The largest absolute Gasteiger partial charge is 0.383 e. The second-order valence-corrected chi connectivity index (χ2v) is 6.77. The van der Waals surface area contributed by atoms with Crippen LogP contribution in [0.1, 0.15) is 16.7 Å². The summed E-state index contributed by atoms with van der Waals surface area (Å²) < 4.78 is 27.7. The number of nitrogens with two attached hydrogens (primary N) is 1. The molecular weight excluding hydrogens is 431 g/mol. The molecule has 0 atom stereocenters. The number of amidine groups is 1. The van der Waals surface area contributed by atoms with Crippen molar-refractivity contribution in [2.75, 3.05) is 5.32 Å². The summed E-state index contributed by atoms with van der Waals surface area (Å²) in [6.07, 6.45) is 0. The van der Waals surface area contributed by atoms with Gasteiger partial charge in [0.25, 0.3) is 0 Å². The third-order valence-corrected chi connectivity index (χ3v) is 4.48. The molecule has 3 aromatic carbocycles. The van der Waals surface area contributed by atoms with E-state index in [4.69, 9.17) is 28.9 Å². The van der Waals surface area contributed by atoms with Gasteiger partial charge in [0.15, 0.2) is 5.82 Å². The van der Waals surface area contributed by atoms with Gasteiger partial charge in [0.05, 0.1) is 21.2 Å². The zero-order valence-corrected chi connectivity index (χ0v) is 16.7. The molecule has 8 heteroatoms. The van der Waals surface area contributed by atoms with Crippen LogP contribution >= 0.6 is 23.2 Å². The van der Waals surface area contributed by atoms with E-state index < -0.39 is 17.7 Å². The number of rotatable bonds is 2. The molecule has 30 heavy (non-hydrogen) atoms. The van der Waals surface area contributed by atoms with E-state index in [0.717, 1.165) is 6.07 Å². The van der Waals surface area contributed by atoms with Crippen molar-refractivity contribution in [3.05, 3.63) is 99.0 Å². The normalized spacial score (nSPS) is 10.9. The van der Waals surface area contributed by atoms with Gasteiger partial charge in [-0.2, -0.15) is 4.99 Å². The number of benzene rings is 3. The van der Waals surface area contributed by atoms with Gasteiger partial charge in [-0.3, -0.25) is 0 Å². The number of halogens is 4. The van der Waals surface area contributed by atoms with E-state index in [2.05, 4.69) is 22.2 Å². The Labute approximate surface area is 181 Å². The molecule has 0 bridgehead atoms. The minimum absolute atomic E-state index is 0.00337. The van der Waals surface area contributed by atoms with Crippen molar-refractivity contribution >= 4 is 40.8 Å². The number of carbonyl (C=O) groups is 1. The predicted octanol–water partition coefficient (Wildman–Crippen LogP) is 5.61. The summed E-state index contributed by atoms with van der Waals surface area (Å²) in [7, 11) is 0. The Morgan fingerprint density at radius 1 is 0.933 bits per heavy atom. The third-order valence-electron chi connectivity index (χ3n) is 3.87. The summed E-state index contributed by atoms with van der Waals surface area (Å²) >= 11 is 11.6. The van der Waals surface area contributed by atoms with Gasteiger partial charge < -0.3 is 11.1 Å². The maximum absolute atomic E-state index is 13.9. The Bertz CT molecular complexity index is 1180. The zero-order valence-electron chi connectivity index (χ0n) is 15.2. The summed E-state index contributed by atoms with van der Waals surface area (Å²) in [5.41, 5.74) is 6.74. The van der Waals surface area contributed by atoms with Crippen LogP contribution in [0, 0.1) is 23.5 Å². The SMILES string of the molecule is N/C(=N\C(=O)Nc1ccc(C#Cc2cccc(Cl)c2F)cc1)c1c(F)cccc1Cl. The predicted molar refractivity (Wildman–Crippen MR) is 115 cm³/mol. The summed E-state index contributed by atoms with van der Waals surface area (Å²) in [6, 6.07) is 14.2. The van der Waals surface area contributed by atoms with Crippen LogP contribution in [-0.4, -0.2) is 11.9 Å². The van der Waals surface area contributed by atoms with Gasteiger partial charge in [-0.15, -0.1) is 0 Å². The first-order valence-electron chi connectivity index (χ1n) is 8.51. The highest BCUT2D eigenvalue weighted by atomic mass is 35.5. The van der Waals surface area contributed by atoms with Crippen molar-refractivity contribution in [3.63, 3.8) is 0 Å². The van der Waals surface area contributed by atoms with Crippen LogP contribution in [0.2, 0.25) is 10.0 Å². The van der Waals surface area contributed by atoms with Gasteiger partial charge in [0, 0.05) is 11.3 Å². The van der Waals surface area contributed by atoms with E-state index in [1.54, 1.807) is 30.3 Å². The minimum atomic E-state index is -0.799. The number of aliphatic imine (C=N–C) groups is 1. The molecule has 0 aliphatic carbocycles. The van der Waals surface area contributed by atoms with Crippen molar-refractivity contribution in [3.8, 4) is 11.8 Å². The molecule has 0 unspecified atom stereocenters. The van der Waals surface area contributed by atoms with Crippen molar-refractivity contribution in [1.82, 2.24) is 0 Å². The topological polar surface area (TPSA) is 67.5 Å². The number of urea groups is 1. The average Bonchev–Trinajstić information content (AvgIpc) is 2.70. The fraction of sp³-hybridized carbons (Fsp3) is 0. The zero-order chi connectivity index (χ0) is 21.7. The molecule has 0 aliphatic rings. The van der Waals surface area contributed by atoms with Gasteiger partial charge in [0.1, 0.15) is 11.7 Å². The Balaban J connectivity index is 1.71. The molecule has 3 aromatic rings. The van der Waals surface area contributed by atoms with Crippen LogP contribution in [0.5, 0.6) is 0 Å². The molecule has 0 radical (unpaired) electrons. The number of amides is 2. The van der Waals surface area contributed by atoms with Crippen molar-refractivity contribution < 1.29 is 13.6 Å². The molecule has 0 aliphatic heterocycles. The highest BCUT2D eigenvalue weighted by molar-refractivity contribution is 6.34. The number of carbonyl (C=O) groups excluding carboxylic acids is 1. The van der Waals surface area contributed by atoms with E-state index >= 15 is 0 Å². The molecule has 150 valence electrons. The Kier molecular flexibility index (Phi) is 6.68. The maximum atomic E-state index is 13.9. The first kappa shape index (κ1) is 21.3. The lowest BCUT2D eigenvalue weighted by atomic mass is 10.1. The Morgan fingerprint density at radius 3 is 2.30 bits per heavy atom. The standard InChI is InChI=1S/C22H13Cl2F2N3O/c23-16-4-2-6-18(25)19(16)21(27)29-22(30)28-15-11-8-13(9-12-15)7-10-14-3-1-5-17(24)20(14)26/h1-6,8-9,11-12H,(H3,27,28,29,30). The van der Waals surface area contributed by atoms with Crippen LogP contribution in [0.3, 0.4) is 0 Å². The lowest BCUT2D eigenvalue weighted by molar-refractivity contribution is 0.259. The van der Waals surface area contributed by atoms with Crippen LogP contribution in [-0.2, 0) is 0 Å². The number of nitrogens with one attached hydrogen (secondary N) is 1. The number of hydrogen-bond acceptors (Lipinski definition) is 1. The molecule has 2 amide bonds. The average molecular weight is 444 g/mol. The number of hydrogen-bond donors (Lipinski definition) is 2. The summed E-state index contributed by atoms with van der Waals surface area (Å²) in [4.78, 5) is 15.7. The molecule has 0 spiro atoms.